The van der Waals surface area contributed by atoms with Crippen LogP contribution in [-0.2, 0) is 9.59 Å². The van der Waals surface area contributed by atoms with Gasteiger partial charge in [-0.3, -0.25) is 19.2 Å². The second-order valence-electron chi connectivity index (χ2n) is 8.04. The minimum absolute atomic E-state index is 0.0637. The Morgan fingerprint density at radius 3 is 1.82 bits per heavy atom. The molecule has 44 heavy (non-hydrogen) atoms. The monoisotopic (exact) mass is 727 g/mol. The lowest BCUT2D eigenvalue weighted by Gasteiger charge is -2.07. The molecule has 0 aliphatic rings. The number of carbonyl (C=O) groups excluding carboxylic acids is 3. The van der Waals surface area contributed by atoms with Gasteiger partial charge in [-0.1, -0.05) is 72.0 Å². The summed E-state index contributed by atoms with van der Waals surface area (Å²) in [4.78, 5) is 43.9. The number of amides is 2. The highest BCUT2D eigenvalue weighted by Crippen LogP contribution is 2.18. The maximum Gasteiger partial charge on any atom is 0.322 e. The van der Waals surface area contributed by atoms with Crippen LogP contribution < -0.4 is 21.1 Å². The number of rotatable bonds is 12. The van der Waals surface area contributed by atoms with Crippen molar-refractivity contribution in [1.82, 2.24) is 10.6 Å². The lowest BCUT2D eigenvalue weighted by atomic mass is 10.2. The lowest BCUT2D eigenvalue weighted by molar-refractivity contribution is -0.136. The molecule has 11 nitrogen and oxygen atoms in total. The molecule has 0 radical (unpaired) electrons. The van der Waals surface area contributed by atoms with E-state index in [0.29, 0.717) is 18.5 Å². The van der Waals surface area contributed by atoms with Gasteiger partial charge in [0.1, 0.15) is 18.0 Å². The smallest absolute Gasteiger partial charge is 0.322 e. The average molecular weight is 728 g/mol. The fraction of sp³-hybridized carbons (Fsp3) is 0.312. The van der Waals surface area contributed by atoms with Gasteiger partial charge < -0.3 is 36.4 Å². The minimum atomic E-state index is -1.13. The van der Waals surface area contributed by atoms with Crippen molar-refractivity contribution < 1.29 is 39.2 Å². The van der Waals surface area contributed by atoms with Crippen LogP contribution in [0.2, 0.25) is 0 Å². The van der Waals surface area contributed by atoms with Gasteiger partial charge in [-0.25, -0.2) is 0 Å². The maximum absolute atomic E-state index is 11.7. The van der Waals surface area contributed by atoms with Gasteiger partial charge in [0.2, 0.25) is 0 Å². The van der Waals surface area contributed by atoms with Crippen molar-refractivity contribution >= 4 is 46.3 Å². The standard InChI is InChI=1S/C12H13NO3.C9H9NO4.C4H9N.C4H8O.C3H7I/c1-3-8-13-12(15)10-6-4-5-7-11(10)16-9(2)14;11-7-4-2-1-3-6(7)9(14)10-5-8(12)13;2*1-2-3-4-5;1-2-3-4/h3-7H,1,8H2,2H3,(H,13,15);1-4,11H,5H2,(H,10,14)(H,12,13);2H,1,3-5H2;2,5H,1,3-4H2;2-3H2,1H3. The number of phenols is 1. The number of aromatic hydroxyl groups is 1. The molecule has 0 aliphatic heterocycles. The number of carbonyl (C=O) groups is 4. The molecule has 0 heterocycles. The zero-order valence-electron chi connectivity index (χ0n) is 25.5. The Kier molecular flexibility index (Phi) is 32.2. The Bertz CT molecular complexity index is 1110. The zero-order chi connectivity index (χ0) is 34.2. The molecule has 244 valence electrons. The second-order valence-corrected chi connectivity index (χ2v) is 9.12. The van der Waals surface area contributed by atoms with E-state index in [9.17, 15) is 24.3 Å². The van der Waals surface area contributed by atoms with Crippen molar-refractivity contribution in [1.29, 1.82) is 0 Å². The number of hydrogen-bond acceptors (Lipinski definition) is 8. The normalized spacial score (nSPS) is 8.75. The Morgan fingerprint density at radius 1 is 0.909 bits per heavy atom. The van der Waals surface area contributed by atoms with Crippen molar-refractivity contribution in [3.8, 4) is 11.5 Å². The molecule has 2 amide bonds. The number of aliphatic hydroxyl groups excluding tert-OH is 1. The van der Waals surface area contributed by atoms with Crippen LogP contribution in [0.3, 0.4) is 0 Å². The summed E-state index contributed by atoms with van der Waals surface area (Å²) >= 11 is 2.35. The van der Waals surface area contributed by atoms with Gasteiger partial charge >= 0.3 is 11.9 Å². The van der Waals surface area contributed by atoms with Gasteiger partial charge in [0.05, 0.1) is 11.1 Å². The lowest BCUT2D eigenvalue weighted by Crippen LogP contribution is -2.29. The first-order valence-corrected chi connectivity index (χ1v) is 15.1. The summed E-state index contributed by atoms with van der Waals surface area (Å²) < 4.78 is 6.21. The van der Waals surface area contributed by atoms with Crippen LogP contribution in [0.15, 0.2) is 86.5 Å². The summed E-state index contributed by atoms with van der Waals surface area (Å²) in [5, 5.41) is 30.3. The topological polar surface area (TPSA) is 188 Å². The summed E-state index contributed by atoms with van der Waals surface area (Å²) in [6.45, 7) is 14.7. The summed E-state index contributed by atoms with van der Waals surface area (Å²) in [6.07, 6.45) is 8.01. The van der Waals surface area contributed by atoms with Crippen LogP contribution >= 0.6 is 22.6 Å². The Hall–Kier alpha value is -4.01. The Morgan fingerprint density at radius 2 is 1.43 bits per heavy atom. The number of aliphatic carboxylic acids is 1. The first kappa shape index (κ1) is 44.4. The number of ether oxygens (including phenoxy) is 1. The molecule has 0 aliphatic carbocycles. The molecular formula is C32H46IN3O8. The number of carboxylic acids is 1. The summed E-state index contributed by atoms with van der Waals surface area (Å²) in [5.74, 6) is -2.40. The number of carboxylic acid groups (broad SMARTS) is 1. The highest BCUT2D eigenvalue weighted by atomic mass is 127. The zero-order valence-corrected chi connectivity index (χ0v) is 27.6. The van der Waals surface area contributed by atoms with E-state index in [2.05, 4.69) is 59.9 Å². The molecule has 0 unspecified atom stereocenters. The quantitative estimate of drug-likeness (QED) is 0.0595. The van der Waals surface area contributed by atoms with Crippen LogP contribution in [0, 0.1) is 0 Å². The maximum atomic E-state index is 11.7. The summed E-state index contributed by atoms with van der Waals surface area (Å²) in [7, 11) is 0. The van der Waals surface area contributed by atoms with Gasteiger partial charge in [0.15, 0.2) is 0 Å². The first-order valence-electron chi connectivity index (χ1n) is 13.5. The molecule has 0 saturated carbocycles. The molecule has 0 aromatic heterocycles. The molecule has 7 N–H and O–H groups in total. The molecule has 0 bridgehead atoms. The molecule has 2 aromatic rings. The minimum Gasteiger partial charge on any atom is -0.507 e. The number of alkyl halides is 1. The van der Waals surface area contributed by atoms with Crippen molar-refractivity contribution in [2.75, 3.05) is 30.7 Å². The predicted octanol–water partition coefficient (Wildman–Crippen LogP) is 4.64. The Balaban J connectivity index is -0.000000540. The van der Waals surface area contributed by atoms with E-state index in [1.807, 2.05) is 0 Å². The second kappa shape index (κ2) is 31.9. The Labute approximate surface area is 274 Å². The predicted molar refractivity (Wildman–Crippen MR) is 183 cm³/mol. The third kappa shape index (κ3) is 26.9. The van der Waals surface area contributed by atoms with Gasteiger partial charge in [-0.05, 0) is 54.5 Å². The van der Waals surface area contributed by atoms with E-state index in [4.69, 9.17) is 20.7 Å². The highest BCUT2D eigenvalue weighted by molar-refractivity contribution is 14.1. The molecule has 2 aromatic carbocycles. The van der Waals surface area contributed by atoms with Gasteiger partial charge in [0, 0.05) is 20.1 Å². The average Bonchev–Trinajstić information content (AvgIpc) is 3.01. The SMILES string of the molecule is C=CCCN.C=CCCO.C=CCNC(=O)c1ccccc1OC(C)=O.CCCI.O=C(O)CNC(=O)c1ccccc1O. The molecule has 0 saturated heterocycles. The first-order chi connectivity index (χ1) is 21.0. The molecule has 0 spiro atoms. The van der Waals surface area contributed by atoms with E-state index in [0.717, 1.165) is 13.0 Å². The number of benzene rings is 2. The summed E-state index contributed by atoms with van der Waals surface area (Å²) in [6, 6.07) is 12.5. The number of esters is 1. The molecular weight excluding hydrogens is 681 g/mol. The van der Waals surface area contributed by atoms with Gasteiger partial charge in [-0.2, -0.15) is 0 Å². The van der Waals surface area contributed by atoms with Crippen molar-refractivity contribution in [3.05, 3.63) is 97.6 Å². The van der Waals surface area contributed by atoms with Crippen LogP contribution in [0.5, 0.6) is 11.5 Å². The van der Waals surface area contributed by atoms with Gasteiger partial charge in [-0.15, -0.1) is 19.7 Å². The van der Waals surface area contributed by atoms with Crippen LogP contribution in [-0.4, -0.2) is 69.7 Å². The van der Waals surface area contributed by atoms with Gasteiger partial charge in [0.25, 0.3) is 11.8 Å². The molecule has 2 rings (SSSR count). The van der Waals surface area contributed by atoms with E-state index in [1.165, 1.54) is 29.9 Å². The number of nitrogens with two attached hydrogens (primary N) is 1. The van der Waals surface area contributed by atoms with Crippen molar-refractivity contribution in [2.45, 2.75) is 33.1 Å². The van der Waals surface area contributed by atoms with Crippen LogP contribution in [0.4, 0.5) is 0 Å². The number of phenolic OH excluding ortho intramolecular Hbond substituents is 1. The number of nitrogens with one attached hydrogen (secondary N) is 2. The van der Waals surface area contributed by atoms with E-state index >= 15 is 0 Å². The van der Waals surface area contributed by atoms with Crippen molar-refractivity contribution in [2.24, 2.45) is 5.73 Å². The summed E-state index contributed by atoms with van der Waals surface area (Å²) in [5.41, 5.74) is 5.46. The van der Waals surface area contributed by atoms with E-state index in [-0.39, 0.29) is 29.6 Å². The molecule has 0 atom stereocenters. The largest absolute Gasteiger partial charge is 0.507 e. The van der Waals surface area contributed by atoms with Crippen molar-refractivity contribution in [3.63, 3.8) is 0 Å². The van der Waals surface area contributed by atoms with E-state index in [1.54, 1.807) is 54.6 Å². The fourth-order valence-electron chi connectivity index (χ4n) is 2.28. The van der Waals surface area contributed by atoms with Crippen LogP contribution in [0.1, 0.15) is 53.8 Å². The fourth-order valence-corrected chi connectivity index (χ4v) is 2.28. The van der Waals surface area contributed by atoms with Crippen LogP contribution in [0.25, 0.3) is 0 Å². The molecule has 0 fully saturated rings. The molecule has 12 heteroatoms. The number of halogens is 1. The highest BCUT2D eigenvalue weighted by Gasteiger charge is 2.12. The number of para-hydroxylation sites is 2. The third-order valence-corrected chi connectivity index (χ3v) is 5.31. The van der Waals surface area contributed by atoms with E-state index < -0.39 is 24.4 Å². The number of aliphatic hydroxyl groups is 1. The third-order valence-electron chi connectivity index (χ3n) is 4.23. The number of hydrogen-bond donors (Lipinski definition) is 6.